The van der Waals surface area contributed by atoms with Crippen LogP contribution in [0.25, 0.3) is 16.9 Å². The van der Waals surface area contributed by atoms with Gasteiger partial charge in [-0.25, -0.2) is 4.99 Å². The van der Waals surface area contributed by atoms with Crippen LogP contribution in [0.4, 0.5) is 0 Å². The molecule has 0 saturated carbocycles. The number of carbonyl (C=O) groups excluding carboxylic acids is 1. The summed E-state index contributed by atoms with van der Waals surface area (Å²) >= 11 is 1.55. The van der Waals surface area contributed by atoms with Crippen LogP contribution in [0.15, 0.2) is 71.0 Å². The highest BCUT2D eigenvalue weighted by Crippen LogP contribution is 2.23. The first kappa shape index (κ1) is 16.2. The smallest absolute Gasteiger partial charge is 0.243 e. The maximum atomic E-state index is 11.9. The van der Waals surface area contributed by atoms with Crippen molar-refractivity contribution in [2.45, 2.75) is 0 Å². The molecule has 1 heterocycles. The molecule has 0 unspecified atom stereocenters. The van der Waals surface area contributed by atoms with Crippen LogP contribution in [0.5, 0.6) is 0 Å². The molecule has 24 heavy (non-hydrogen) atoms. The molecule has 0 fully saturated rings. The molecule has 0 bridgehead atoms. The van der Waals surface area contributed by atoms with Gasteiger partial charge in [-0.3, -0.25) is 9.36 Å². The Balaban J connectivity index is 2.12. The van der Waals surface area contributed by atoms with Crippen LogP contribution in [0.3, 0.4) is 0 Å². The molecule has 0 saturated heterocycles. The quantitative estimate of drug-likeness (QED) is 0.720. The van der Waals surface area contributed by atoms with E-state index in [-0.39, 0.29) is 12.5 Å². The third-order valence-electron chi connectivity index (χ3n) is 3.64. The topological polar surface area (TPSA) is 37.6 Å². The molecule has 0 radical (unpaired) electrons. The van der Waals surface area contributed by atoms with Gasteiger partial charge in [0.05, 0.1) is 5.69 Å². The fraction of sp³-hybridized carbons (Fsp3) is 0.158. The lowest BCUT2D eigenvalue weighted by molar-refractivity contribution is -0.127. The van der Waals surface area contributed by atoms with E-state index in [1.54, 1.807) is 30.3 Å². The molecule has 3 aromatic rings. The van der Waals surface area contributed by atoms with Gasteiger partial charge in [0.25, 0.3) is 0 Å². The number of para-hydroxylation sites is 1. The zero-order chi connectivity index (χ0) is 16.9. The number of carbonyl (C=O) groups is 1. The minimum absolute atomic E-state index is 0.00993. The van der Waals surface area contributed by atoms with Gasteiger partial charge >= 0.3 is 0 Å². The van der Waals surface area contributed by atoms with E-state index in [4.69, 9.17) is 0 Å². The highest BCUT2D eigenvalue weighted by atomic mass is 32.1. The van der Waals surface area contributed by atoms with E-state index in [1.165, 1.54) is 0 Å². The van der Waals surface area contributed by atoms with Crippen molar-refractivity contribution in [3.05, 3.63) is 70.8 Å². The standard InChI is InChI=1S/C19H19N3OS/c1-21(2)18(23)13-20-19-22(16-11-7-4-8-12-16)17(14-24-19)15-9-5-3-6-10-15/h3-12,14H,13H2,1-2H3. The first-order valence-corrected chi connectivity index (χ1v) is 8.57. The summed E-state index contributed by atoms with van der Waals surface area (Å²) in [5, 5.41) is 2.08. The molecule has 0 aliphatic carbocycles. The highest BCUT2D eigenvalue weighted by Gasteiger charge is 2.10. The predicted octanol–water partition coefficient (Wildman–Crippen LogP) is 3.19. The Hall–Kier alpha value is -2.66. The second kappa shape index (κ2) is 7.27. The number of benzene rings is 2. The van der Waals surface area contributed by atoms with E-state index in [9.17, 15) is 4.79 Å². The van der Waals surface area contributed by atoms with E-state index in [0.717, 1.165) is 21.7 Å². The molecule has 0 spiro atoms. The Kier molecular flexibility index (Phi) is 4.91. The molecule has 0 atom stereocenters. The number of hydrogen-bond acceptors (Lipinski definition) is 3. The molecule has 0 aliphatic heterocycles. The van der Waals surface area contributed by atoms with Crippen molar-refractivity contribution >= 4 is 17.2 Å². The Labute approximate surface area is 145 Å². The average Bonchev–Trinajstić information content (AvgIpc) is 3.05. The van der Waals surface area contributed by atoms with Gasteiger partial charge in [-0.1, -0.05) is 48.5 Å². The second-order valence-electron chi connectivity index (χ2n) is 5.54. The monoisotopic (exact) mass is 337 g/mol. The molecule has 3 rings (SSSR count). The summed E-state index contributed by atoms with van der Waals surface area (Å²) in [4.78, 5) is 18.8. The minimum atomic E-state index is -0.00993. The minimum Gasteiger partial charge on any atom is -0.347 e. The number of nitrogens with zero attached hydrogens (tertiary/aromatic N) is 3. The number of hydrogen-bond donors (Lipinski definition) is 0. The largest absolute Gasteiger partial charge is 0.347 e. The first-order valence-electron chi connectivity index (χ1n) is 7.69. The van der Waals surface area contributed by atoms with E-state index in [0.29, 0.717) is 0 Å². The summed E-state index contributed by atoms with van der Waals surface area (Å²) in [5.41, 5.74) is 3.23. The molecule has 1 amide bonds. The number of rotatable bonds is 4. The molecular weight excluding hydrogens is 318 g/mol. The Bertz CT molecular complexity index is 880. The summed E-state index contributed by atoms with van der Waals surface area (Å²) < 4.78 is 2.10. The summed E-state index contributed by atoms with van der Waals surface area (Å²) in [6.45, 7) is 0.147. The van der Waals surface area contributed by atoms with Crippen molar-refractivity contribution in [3.63, 3.8) is 0 Å². The maximum absolute atomic E-state index is 11.9. The van der Waals surface area contributed by atoms with E-state index in [2.05, 4.69) is 27.1 Å². The third kappa shape index (κ3) is 3.46. The normalized spacial score (nSPS) is 11.5. The number of likely N-dealkylation sites (N-methyl/N-ethyl adjacent to an activating group) is 1. The maximum Gasteiger partial charge on any atom is 0.243 e. The molecule has 0 N–H and O–H groups in total. The highest BCUT2D eigenvalue weighted by molar-refractivity contribution is 7.07. The van der Waals surface area contributed by atoms with E-state index >= 15 is 0 Å². The van der Waals surface area contributed by atoms with E-state index < -0.39 is 0 Å². The van der Waals surface area contributed by atoms with Crippen LogP contribution in [0.1, 0.15) is 0 Å². The zero-order valence-electron chi connectivity index (χ0n) is 13.7. The van der Waals surface area contributed by atoms with Crippen LogP contribution < -0.4 is 4.80 Å². The van der Waals surface area contributed by atoms with Gasteiger partial charge in [0.15, 0.2) is 4.80 Å². The molecule has 4 nitrogen and oxygen atoms in total. The second-order valence-corrected chi connectivity index (χ2v) is 6.38. The van der Waals surface area contributed by atoms with Gasteiger partial charge in [-0.05, 0) is 17.7 Å². The predicted molar refractivity (Wildman–Crippen MR) is 98.2 cm³/mol. The van der Waals surface area contributed by atoms with Crippen molar-refractivity contribution in [1.29, 1.82) is 0 Å². The molecule has 0 aliphatic rings. The number of thiazole rings is 1. The SMILES string of the molecule is CN(C)C(=O)CN=c1scc(-c2ccccc2)n1-c1ccccc1. The van der Waals surface area contributed by atoms with Crippen molar-refractivity contribution in [2.75, 3.05) is 20.6 Å². The fourth-order valence-electron chi connectivity index (χ4n) is 2.33. The molecule has 122 valence electrons. The van der Waals surface area contributed by atoms with Crippen molar-refractivity contribution in [1.82, 2.24) is 9.47 Å². The van der Waals surface area contributed by atoms with Crippen molar-refractivity contribution < 1.29 is 4.79 Å². The lowest BCUT2D eigenvalue weighted by Crippen LogP contribution is -2.26. The molecular formula is C19H19N3OS. The summed E-state index contributed by atoms with van der Waals surface area (Å²) in [7, 11) is 3.49. The summed E-state index contributed by atoms with van der Waals surface area (Å²) in [6, 6.07) is 20.3. The number of amides is 1. The third-order valence-corrected chi connectivity index (χ3v) is 4.50. The average molecular weight is 337 g/mol. The molecule has 5 heteroatoms. The molecule has 1 aromatic heterocycles. The first-order chi connectivity index (χ1) is 11.7. The van der Waals surface area contributed by atoms with Crippen LogP contribution in [-0.4, -0.2) is 36.0 Å². The summed E-state index contributed by atoms with van der Waals surface area (Å²) in [6.07, 6.45) is 0. The van der Waals surface area contributed by atoms with Gasteiger partial charge in [0, 0.05) is 25.2 Å². The summed E-state index contributed by atoms with van der Waals surface area (Å²) in [5.74, 6) is -0.00993. The van der Waals surface area contributed by atoms with Gasteiger partial charge in [-0.15, -0.1) is 11.3 Å². The molecule has 2 aromatic carbocycles. The van der Waals surface area contributed by atoms with Gasteiger partial charge < -0.3 is 4.90 Å². The Morgan fingerprint density at radius 3 is 2.29 bits per heavy atom. The van der Waals surface area contributed by atoms with Crippen LogP contribution in [0.2, 0.25) is 0 Å². The van der Waals surface area contributed by atoms with Crippen molar-refractivity contribution in [3.8, 4) is 16.9 Å². The van der Waals surface area contributed by atoms with Crippen LogP contribution in [-0.2, 0) is 4.79 Å². The Morgan fingerprint density at radius 1 is 1.04 bits per heavy atom. The zero-order valence-corrected chi connectivity index (χ0v) is 14.5. The lowest BCUT2D eigenvalue weighted by atomic mass is 10.1. The lowest BCUT2D eigenvalue weighted by Gasteiger charge is -2.10. The van der Waals surface area contributed by atoms with Gasteiger partial charge in [-0.2, -0.15) is 0 Å². The van der Waals surface area contributed by atoms with E-state index in [1.807, 2.05) is 48.5 Å². The fourth-order valence-corrected chi connectivity index (χ4v) is 3.24. The number of aromatic nitrogens is 1. The Morgan fingerprint density at radius 2 is 1.67 bits per heavy atom. The van der Waals surface area contributed by atoms with Gasteiger partial charge in [0.1, 0.15) is 6.54 Å². The van der Waals surface area contributed by atoms with Crippen LogP contribution >= 0.6 is 11.3 Å². The van der Waals surface area contributed by atoms with Crippen LogP contribution in [0, 0.1) is 0 Å². The van der Waals surface area contributed by atoms with Gasteiger partial charge in [0.2, 0.25) is 5.91 Å². The van der Waals surface area contributed by atoms with Crippen molar-refractivity contribution in [2.24, 2.45) is 4.99 Å².